The molecule has 1 heterocycles. The first-order valence-corrected chi connectivity index (χ1v) is 4.85. The van der Waals surface area contributed by atoms with Crippen LogP contribution in [0.5, 0.6) is 0 Å². The maximum absolute atomic E-state index is 5.43. The van der Waals surface area contributed by atoms with Crippen molar-refractivity contribution in [1.82, 2.24) is 9.97 Å². The minimum atomic E-state index is 0.281. The Labute approximate surface area is 85.0 Å². The van der Waals surface area contributed by atoms with E-state index in [1.165, 1.54) is 0 Å². The molecule has 0 aliphatic carbocycles. The Morgan fingerprint density at radius 2 is 2.07 bits per heavy atom. The highest BCUT2D eigenvalue weighted by molar-refractivity contribution is 5.36. The quantitative estimate of drug-likeness (QED) is 0.768. The van der Waals surface area contributed by atoms with Gasteiger partial charge in [-0.2, -0.15) is 0 Å². The molecule has 0 radical (unpaired) electrons. The molecule has 0 aromatic carbocycles. The Morgan fingerprint density at radius 3 is 2.57 bits per heavy atom. The minimum Gasteiger partial charge on any atom is -0.382 e. The Morgan fingerprint density at radius 1 is 1.36 bits per heavy atom. The SMILES string of the molecule is CCC(C)(C)CNc1cnc(N)cn1. The normalized spacial score (nSPS) is 11.4. The average molecular weight is 194 g/mol. The van der Waals surface area contributed by atoms with Gasteiger partial charge in [0, 0.05) is 6.54 Å². The van der Waals surface area contributed by atoms with Gasteiger partial charge in [0.05, 0.1) is 12.4 Å². The summed E-state index contributed by atoms with van der Waals surface area (Å²) in [6, 6.07) is 0. The largest absolute Gasteiger partial charge is 0.382 e. The molecule has 4 nitrogen and oxygen atoms in total. The lowest BCUT2D eigenvalue weighted by atomic mass is 9.90. The van der Waals surface area contributed by atoms with Crippen molar-refractivity contribution in [3.63, 3.8) is 0 Å². The van der Waals surface area contributed by atoms with Crippen LogP contribution in [0.2, 0.25) is 0 Å². The zero-order chi connectivity index (χ0) is 10.6. The molecule has 0 unspecified atom stereocenters. The Kier molecular flexibility index (Phi) is 3.28. The van der Waals surface area contributed by atoms with Gasteiger partial charge >= 0.3 is 0 Å². The molecule has 0 saturated heterocycles. The van der Waals surface area contributed by atoms with Gasteiger partial charge in [-0.1, -0.05) is 20.8 Å². The average Bonchev–Trinajstić information content (AvgIpc) is 2.17. The Hall–Kier alpha value is -1.32. The van der Waals surface area contributed by atoms with Crippen LogP contribution >= 0.6 is 0 Å². The molecule has 1 aromatic rings. The lowest BCUT2D eigenvalue weighted by Crippen LogP contribution is -2.22. The van der Waals surface area contributed by atoms with Crippen molar-refractivity contribution >= 4 is 11.6 Å². The maximum Gasteiger partial charge on any atom is 0.144 e. The van der Waals surface area contributed by atoms with Crippen LogP contribution in [0.4, 0.5) is 11.6 Å². The van der Waals surface area contributed by atoms with Gasteiger partial charge in [0.1, 0.15) is 11.6 Å². The van der Waals surface area contributed by atoms with E-state index in [0.717, 1.165) is 18.8 Å². The van der Waals surface area contributed by atoms with Crippen LogP contribution in [-0.4, -0.2) is 16.5 Å². The Balaban J connectivity index is 2.50. The van der Waals surface area contributed by atoms with Crippen LogP contribution in [0, 0.1) is 5.41 Å². The number of rotatable bonds is 4. The third-order valence-electron chi connectivity index (χ3n) is 2.38. The van der Waals surface area contributed by atoms with Gasteiger partial charge in [0.15, 0.2) is 0 Å². The van der Waals surface area contributed by atoms with Crippen molar-refractivity contribution in [2.45, 2.75) is 27.2 Å². The van der Waals surface area contributed by atoms with Crippen LogP contribution in [0.1, 0.15) is 27.2 Å². The highest BCUT2D eigenvalue weighted by Crippen LogP contribution is 2.19. The molecule has 3 N–H and O–H groups in total. The van der Waals surface area contributed by atoms with Crippen LogP contribution < -0.4 is 11.1 Å². The number of nitrogens with two attached hydrogens (primary N) is 1. The van der Waals surface area contributed by atoms with E-state index in [4.69, 9.17) is 5.73 Å². The first kappa shape index (κ1) is 10.8. The van der Waals surface area contributed by atoms with Gasteiger partial charge in [-0.05, 0) is 11.8 Å². The summed E-state index contributed by atoms with van der Waals surface area (Å²) in [5.41, 5.74) is 5.71. The highest BCUT2D eigenvalue weighted by Gasteiger charge is 2.14. The van der Waals surface area contributed by atoms with Gasteiger partial charge < -0.3 is 11.1 Å². The van der Waals surface area contributed by atoms with E-state index in [1.807, 2.05) is 0 Å². The summed E-state index contributed by atoms with van der Waals surface area (Å²) in [5, 5.41) is 3.23. The first-order valence-electron chi connectivity index (χ1n) is 4.85. The third-order valence-corrected chi connectivity index (χ3v) is 2.38. The molecule has 0 atom stereocenters. The van der Waals surface area contributed by atoms with Gasteiger partial charge in [0.25, 0.3) is 0 Å². The number of anilines is 2. The van der Waals surface area contributed by atoms with Crippen molar-refractivity contribution in [2.24, 2.45) is 5.41 Å². The second-order valence-electron chi connectivity index (χ2n) is 4.20. The summed E-state index contributed by atoms with van der Waals surface area (Å²) < 4.78 is 0. The summed E-state index contributed by atoms with van der Waals surface area (Å²) in [4.78, 5) is 8.08. The summed E-state index contributed by atoms with van der Waals surface area (Å²) in [6.07, 6.45) is 4.34. The van der Waals surface area contributed by atoms with Gasteiger partial charge in [-0.15, -0.1) is 0 Å². The van der Waals surface area contributed by atoms with Crippen LogP contribution in [-0.2, 0) is 0 Å². The molecular weight excluding hydrogens is 176 g/mol. The zero-order valence-electron chi connectivity index (χ0n) is 9.04. The molecule has 78 valence electrons. The molecule has 0 aliphatic rings. The fourth-order valence-corrected chi connectivity index (χ4v) is 0.884. The van der Waals surface area contributed by atoms with E-state index in [2.05, 4.69) is 36.1 Å². The number of hydrogen-bond acceptors (Lipinski definition) is 4. The summed E-state index contributed by atoms with van der Waals surface area (Å²) >= 11 is 0. The highest BCUT2D eigenvalue weighted by atomic mass is 15.0. The van der Waals surface area contributed by atoms with Crippen LogP contribution in [0.25, 0.3) is 0 Å². The van der Waals surface area contributed by atoms with Crippen molar-refractivity contribution in [2.75, 3.05) is 17.6 Å². The molecular formula is C10H18N4. The van der Waals surface area contributed by atoms with E-state index >= 15 is 0 Å². The minimum absolute atomic E-state index is 0.281. The fourth-order valence-electron chi connectivity index (χ4n) is 0.884. The number of hydrogen-bond donors (Lipinski definition) is 2. The maximum atomic E-state index is 5.43. The summed E-state index contributed by atoms with van der Waals surface area (Å²) in [6.45, 7) is 7.49. The predicted molar refractivity (Wildman–Crippen MR) is 59.0 cm³/mol. The van der Waals surface area contributed by atoms with Crippen molar-refractivity contribution < 1.29 is 0 Å². The van der Waals surface area contributed by atoms with Gasteiger partial charge in [-0.3, -0.25) is 0 Å². The summed E-state index contributed by atoms with van der Waals surface area (Å²) in [5.74, 6) is 1.23. The van der Waals surface area contributed by atoms with E-state index in [0.29, 0.717) is 5.82 Å². The predicted octanol–water partition coefficient (Wildman–Crippen LogP) is 1.91. The molecule has 0 saturated carbocycles. The monoisotopic (exact) mass is 194 g/mol. The molecule has 0 bridgehead atoms. The topological polar surface area (TPSA) is 63.8 Å². The van der Waals surface area contributed by atoms with Crippen molar-refractivity contribution in [1.29, 1.82) is 0 Å². The Bertz CT molecular complexity index is 279. The fraction of sp³-hybridized carbons (Fsp3) is 0.600. The van der Waals surface area contributed by atoms with E-state index in [1.54, 1.807) is 12.4 Å². The second kappa shape index (κ2) is 4.26. The second-order valence-corrected chi connectivity index (χ2v) is 4.20. The van der Waals surface area contributed by atoms with Crippen molar-refractivity contribution in [3.8, 4) is 0 Å². The van der Waals surface area contributed by atoms with E-state index in [9.17, 15) is 0 Å². The van der Waals surface area contributed by atoms with Gasteiger partial charge in [-0.25, -0.2) is 9.97 Å². The lowest BCUT2D eigenvalue weighted by Gasteiger charge is -2.22. The van der Waals surface area contributed by atoms with Crippen LogP contribution in [0.15, 0.2) is 12.4 Å². The smallest absolute Gasteiger partial charge is 0.144 e. The molecule has 1 rings (SSSR count). The van der Waals surface area contributed by atoms with E-state index < -0.39 is 0 Å². The van der Waals surface area contributed by atoms with Crippen molar-refractivity contribution in [3.05, 3.63) is 12.4 Å². The molecule has 1 aromatic heterocycles. The molecule has 0 spiro atoms. The van der Waals surface area contributed by atoms with E-state index in [-0.39, 0.29) is 5.41 Å². The number of nitrogen functional groups attached to an aromatic ring is 1. The standard InChI is InChI=1S/C10H18N4/c1-4-10(2,3)7-14-9-6-12-8(11)5-13-9/h5-6H,4,7H2,1-3H3,(H2,11,12)(H,13,14). The third kappa shape index (κ3) is 3.20. The molecule has 4 heteroatoms. The number of aromatic nitrogens is 2. The molecule has 14 heavy (non-hydrogen) atoms. The number of nitrogens with one attached hydrogen (secondary N) is 1. The molecule has 0 aliphatic heterocycles. The molecule has 0 fully saturated rings. The van der Waals surface area contributed by atoms with Crippen LogP contribution in [0.3, 0.4) is 0 Å². The van der Waals surface area contributed by atoms with Gasteiger partial charge in [0.2, 0.25) is 0 Å². The molecule has 0 amide bonds. The number of nitrogens with zero attached hydrogens (tertiary/aromatic N) is 2. The zero-order valence-corrected chi connectivity index (χ0v) is 9.04. The summed E-state index contributed by atoms with van der Waals surface area (Å²) in [7, 11) is 0. The lowest BCUT2D eigenvalue weighted by molar-refractivity contribution is 0.376. The first-order chi connectivity index (χ1) is 6.53.